The van der Waals surface area contributed by atoms with Crippen LogP contribution in [-0.2, 0) is 17.6 Å². The van der Waals surface area contributed by atoms with Crippen molar-refractivity contribution in [3.05, 3.63) is 35.4 Å². The molecule has 1 aromatic carbocycles. The van der Waals surface area contributed by atoms with Crippen molar-refractivity contribution < 1.29 is 18.0 Å². The molecule has 0 fully saturated rings. The summed E-state index contributed by atoms with van der Waals surface area (Å²) in [6.45, 7) is 5.87. The van der Waals surface area contributed by atoms with Crippen LogP contribution >= 0.6 is 0 Å². The van der Waals surface area contributed by atoms with Crippen LogP contribution in [0.2, 0.25) is 0 Å². The Balaban J connectivity index is 2.53. The number of hydrogen-bond donors (Lipinski definition) is 0. The zero-order valence-electron chi connectivity index (χ0n) is 10.5. The van der Waals surface area contributed by atoms with Gasteiger partial charge in [-0.1, -0.05) is 38.1 Å². The Morgan fingerprint density at radius 2 is 1.67 bits per heavy atom. The van der Waals surface area contributed by atoms with Gasteiger partial charge in [0.15, 0.2) is 0 Å². The van der Waals surface area contributed by atoms with E-state index in [1.807, 2.05) is 20.8 Å². The van der Waals surface area contributed by atoms with Crippen molar-refractivity contribution >= 4 is 6.21 Å². The summed E-state index contributed by atoms with van der Waals surface area (Å²) in [6, 6.07) is 4.79. The first-order valence-electron chi connectivity index (χ1n) is 5.44. The Labute approximate surface area is 104 Å². The number of hydrogen-bond acceptors (Lipinski definition) is 2. The molecule has 0 bridgehead atoms. The fourth-order valence-electron chi connectivity index (χ4n) is 1.07. The highest BCUT2D eigenvalue weighted by Crippen LogP contribution is 2.29. The Morgan fingerprint density at radius 3 is 2.11 bits per heavy atom. The van der Waals surface area contributed by atoms with E-state index in [0.717, 1.165) is 12.1 Å². The van der Waals surface area contributed by atoms with Gasteiger partial charge in [-0.25, -0.2) is 0 Å². The van der Waals surface area contributed by atoms with E-state index < -0.39 is 11.7 Å². The molecule has 0 aromatic heterocycles. The van der Waals surface area contributed by atoms with Crippen LogP contribution in [-0.4, -0.2) is 6.21 Å². The van der Waals surface area contributed by atoms with Gasteiger partial charge in [0.2, 0.25) is 0 Å². The van der Waals surface area contributed by atoms with Crippen molar-refractivity contribution in [2.24, 2.45) is 10.6 Å². The molecule has 0 atom stereocenters. The van der Waals surface area contributed by atoms with Crippen LogP contribution in [0.3, 0.4) is 0 Å². The van der Waals surface area contributed by atoms with Gasteiger partial charge in [0.05, 0.1) is 5.56 Å². The summed E-state index contributed by atoms with van der Waals surface area (Å²) in [5.41, 5.74) is -0.251. The van der Waals surface area contributed by atoms with Crippen molar-refractivity contribution in [2.75, 3.05) is 0 Å². The lowest BCUT2D eigenvalue weighted by molar-refractivity contribution is -0.137. The molecule has 0 saturated carbocycles. The fraction of sp³-hybridized carbons (Fsp3) is 0.462. The van der Waals surface area contributed by atoms with Crippen LogP contribution in [0.25, 0.3) is 0 Å². The molecule has 1 radical (unpaired) electrons. The molecule has 0 saturated heterocycles. The van der Waals surface area contributed by atoms with Gasteiger partial charge in [0.25, 0.3) is 0 Å². The molecular formula is C13H15F3NO. The van der Waals surface area contributed by atoms with Gasteiger partial charge in [0.1, 0.15) is 12.8 Å². The zero-order chi connectivity index (χ0) is 13.8. The van der Waals surface area contributed by atoms with Gasteiger partial charge >= 0.3 is 6.18 Å². The Bertz CT molecular complexity index is 402. The summed E-state index contributed by atoms with van der Waals surface area (Å²) >= 11 is 0. The highest BCUT2D eigenvalue weighted by atomic mass is 19.4. The van der Waals surface area contributed by atoms with E-state index in [9.17, 15) is 13.2 Å². The smallest absolute Gasteiger partial charge is 0.391 e. The van der Waals surface area contributed by atoms with E-state index in [-0.39, 0.29) is 12.0 Å². The third-order valence-electron chi connectivity index (χ3n) is 1.96. The first-order chi connectivity index (χ1) is 8.18. The molecule has 0 unspecified atom stereocenters. The van der Waals surface area contributed by atoms with Gasteiger partial charge in [-0.2, -0.15) is 13.2 Å². The second-order valence-electron chi connectivity index (χ2n) is 4.92. The number of rotatable bonds is 3. The molecule has 0 aliphatic carbocycles. The Kier molecular flexibility index (Phi) is 4.38. The number of halogens is 3. The number of benzene rings is 1. The van der Waals surface area contributed by atoms with Crippen molar-refractivity contribution in [1.29, 1.82) is 0 Å². The summed E-state index contributed by atoms with van der Waals surface area (Å²) in [5.74, 6) is 0. The van der Waals surface area contributed by atoms with Gasteiger partial charge in [0, 0.05) is 5.41 Å². The second kappa shape index (κ2) is 5.42. The van der Waals surface area contributed by atoms with E-state index >= 15 is 0 Å². The zero-order valence-corrected chi connectivity index (χ0v) is 10.5. The van der Waals surface area contributed by atoms with Crippen LogP contribution in [0.4, 0.5) is 13.2 Å². The largest absolute Gasteiger partial charge is 0.416 e. The number of nitrogens with zero attached hydrogens (tertiary/aromatic N) is 1. The Hall–Kier alpha value is -1.52. The molecular weight excluding hydrogens is 243 g/mol. The van der Waals surface area contributed by atoms with Gasteiger partial charge in [-0.15, -0.1) is 0 Å². The van der Waals surface area contributed by atoms with E-state index in [2.05, 4.69) is 11.4 Å². The van der Waals surface area contributed by atoms with Crippen LogP contribution in [0, 0.1) is 5.41 Å². The van der Waals surface area contributed by atoms with Crippen LogP contribution < -0.4 is 0 Å². The fourth-order valence-corrected chi connectivity index (χ4v) is 1.07. The first-order valence-corrected chi connectivity index (χ1v) is 5.44. The molecule has 99 valence electrons. The molecule has 1 aromatic rings. The molecule has 0 aliphatic rings. The quantitative estimate of drug-likeness (QED) is 0.590. The SMILES string of the molecule is CC(C)(C)/[C]=N\OCc1ccc(C(F)(F)F)cc1. The number of alkyl halides is 3. The van der Waals surface area contributed by atoms with E-state index in [1.165, 1.54) is 12.1 Å². The Morgan fingerprint density at radius 1 is 1.11 bits per heavy atom. The standard InChI is InChI=1S/C13H15F3NO/c1-12(2,3)9-17-18-8-10-4-6-11(7-5-10)13(14,15)16/h4-7H,8H2,1-3H3. The van der Waals surface area contributed by atoms with Crippen LogP contribution in [0.1, 0.15) is 31.9 Å². The lowest BCUT2D eigenvalue weighted by atomic mass is 10.00. The molecule has 0 spiro atoms. The summed E-state index contributed by atoms with van der Waals surface area (Å²) in [4.78, 5) is 4.95. The van der Waals surface area contributed by atoms with Gasteiger partial charge in [-0.3, -0.25) is 0 Å². The average Bonchev–Trinajstić information content (AvgIpc) is 2.22. The highest BCUT2D eigenvalue weighted by Gasteiger charge is 2.29. The normalized spacial score (nSPS) is 13.0. The monoisotopic (exact) mass is 258 g/mol. The molecule has 0 aliphatic heterocycles. The third kappa shape index (κ3) is 5.21. The van der Waals surface area contributed by atoms with E-state index in [0.29, 0.717) is 5.56 Å². The lowest BCUT2D eigenvalue weighted by Crippen LogP contribution is -2.06. The van der Waals surface area contributed by atoms with E-state index in [4.69, 9.17) is 4.84 Å². The predicted octanol–water partition coefficient (Wildman–Crippen LogP) is 4.13. The molecule has 1 rings (SSSR count). The van der Waals surface area contributed by atoms with Crippen molar-refractivity contribution in [2.45, 2.75) is 33.6 Å². The maximum Gasteiger partial charge on any atom is 0.416 e. The molecule has 0 N–H and O–H groups in total. The lowest BCUT2D eigenvalue weighted by Gasteiger charge is -2.09. The molecule has 5 heteroatoms. The predicted molar refractivity (Wildman–Crippen MR) is 63.1 cm³/mol. The van der Waals surface area contributed by atoms with Crippen molar-refractivity contribution in [1.82, 2.24) is 0 Å². The molecule has 0 amide bonds. The topological polar surface area (TPSA) is 21.6 Å². The third-order valence-corrected chi connectivity index (χ3v) is 1.96. The maximum absolute atomic E-state index is 12.3. The van der Waals surface area contributed by atoms with Crippen LogP contribution in [0.15, 0.2) is 29.4 Å². The van der Waals surface area contributed by atoms with Gasteiger partial charge < -0.3 is 4.84 Å². The average molecular weight is 258 g/mol. The minimum absolute atomic E-state index is 0.126. The van der Waals surface area contributed by atoms with E-state index in [1.54, 1.807) is 0 Å². The summed E-state index contributed by atoms with van der Waals surface area (Å²) < 4.78 is 36.9. The van der Waals surface area contributed by atoms with Gasteiger partial charge in [-0.05, 0) is 17.7 Å². The molecule has 18 heavy (non-hydrogen) atoms. The van der Waals surface area contributed by atoms with Crippen molar-refractivity contribution in [3.63, 3.8) is 0 Å². The summed E-state index contributed by atoms with van der Waals surface area (Å²) in [7, 11) is 0. The minimum Gasteiger partial charge on any atom is -0.391 e. The first kappa shape index (κ1) is 14.5. The minimum atomic E-state index is -4.31. The van der Waals surface area contributed by atoms with Crippen LogP contribution in [0.5, 0.6) is 0 Å². The second-order valence-corrected chi connectivity index (χ2v) is 4.92. The summed E-state index contributed by atoms with van der Waals surface area (Å²) in [6.07, 6.45) is -1.56. The highest BCUT2D eigenvalue weighted by molar-refractivity contribution is 5.63. The van der Waals surface area contributed by atoms with Crippen molar-refractivity contribution in [3.8, 4) is 0 Å². The molecule has 2 nitrogen and oxygen atoms in total. The molecule has 0 heterocycles. The maximum atomic E-state index is 12.3. The summed E-state index contributed by atoms with van der Waals surface area (Å²) in [5, 5.41) is 3.64.